The van der Waals surface area contributed by atoms with Gasteiger partial charge in [-0.25, -0.2) is 0 Å². The van der Waals surface area contributed by atoms with Crippen molar-refractivity contribution in [3.63, 3.8) is 0 Å². The molecule has 4 rings (SSSR count). The molecule has 0 fully saturated rings. The monoisotopic (exact) mass is 390 g/mol. The molecule has 3 aromatic carbocycles. The molecule has 0 bridgehead atoms. The minimum absolute atomic E-state index is 0.0145. The van der Waals surface area contributed by atoms with Gasteiger partial charge in [0.1, 0.15) is 6.54 Å². The van der Waals surface area contributed by atoms with Gasteiger partial charge in [0, 0.05) is 29.4 Å². The summed E-state index contributed by atoms with van der Waals surface area (Å²) in [6.07, 6.45) is 0. The van der Waals surface area contributed by atoms with Crippen LogP contribution in [0.2, 0.25) is 5.02 Å². The van der Waals surface area contributed by atoms with Crippen molar-refractivity contribution in [2.24, 2.45) is 0 Å². The van der Waals surface area contributed by atoms with Crippen LogP contribution in [-0.2, 0) is 17.9 Å². The average Bonchev–Trinajstić information content (AvgIpc) is 2.72. The average molecular weight is 391 g/mol. The number of halogens is 1. The van der Waals surface area contributed by atoms with Crippen LogP contribution in [0.15, 0.2) is 77.6 Å². The summed E-state index contributed by atoms with van der Waals surface area (Å²) >= 11 is 6.23. The molecule has 28 heavy (non-hydrogen) atoms. The zero-order valence-corrected chi connectivity index (χ0v) is 16.2. The number of pyridine rings is 1. The number of likely N-dealkylation sites (N-methyl/N-ethyl adjacent to an activating group) is 1. The molecule has 0 unspecified atom stereocenters. The number of carbonyl (C=O) groups is 1. The van der Waals surface area contributed by atoms with Crippen molar-refractivity contribution >= 4 is 39.3 Å². The van der Waals surface area contributed by atoms with Crippen LogP contribution in [0.25, 0.3) is 21.8 Å². The lowest BCUT2D eigenvalue weighted by atomic mass is 10.1. The first-order valence-electron chi connectivity index (χ1n) is 9.04. The van der Waals surface area contributed by atoms with E-state index in [1.165, 1.54) is 0 Å². The van der Waals surface area contributed by atoms with Crippen LogP contribution >= 0.6 is 11.6 Å². The Morgan fingerprint density at radius 1 is 0.893 bits per heavy atom. The molecular weight excluding hydrogens is 372 g/mol. The highest BCUT2D eigenvalue weighted by atomic mass is 35.5. The lowest BCUT2D eigenvalue weighted by molar-refractivity contribution is -0.130. The molecule has 4 aromatic rings. The number of hydrogen-bond acceptors (Lipinski definition) is 2. The third-order valence-electron chi connectivity index (χ3n) is 4.96. The van der Waals surface area contributed by atoms with Crippen LogP contribution in [0.3, 0.4) is 0 Å². The maximum Gasteiger partial charge on any atom is 0.242 e. The van der Waals surface area contributed by atoms with Gasteiger partial charge in [-0.15, -0.1) is 0 Å². The van der Waals surface area contributed by atoms with E-state index in [9.17, 15) is 9.59 Å². The molecule has 0 spiro atoms. The molecule has 140 valence electrons. The maximum atomic E-state index is 13.0. The SMILES string of the molecule is CN(Cc1ccccc1Cl)C(=O)Cn1c2ccccc2c(=O)c2ccccc21. The van der Waals surface area contributed by atoms with Crippen molar-refractivity contribution in [3.8, 4) is 0 Å². The number of amides is 1. The summed E-state index contributed by atoms with van der Waals surface area (Å²) in [6, 6.07) is 22.3. The Morgan fingerprint density at radius 3 is 2.04 bits per heavy atom. The summed E-state index contributed by atoms with van der Waals surface area (Å²) < 4.78 is 1.91. The number of fused-ring (bicyclic) bond motifs is 2. The van der Waals surface area contributed by atoms with Crippen molar-refractivity contribution in [2.45, 2.75) is 13.1 Å². The normalized spacial score (nSPS) is 11.1. The second-order valence-corrected chi connectivity index (χ2v) is 7.20. The summed E-state index contributed by atoms with van der Waals surface area (Å²) in [5, 5.41) is 1.87. The lowest BCUT2D eigenvalue weighted by Crippen LogP contribution is -2.30. The number of rotatable bonds is 4. The quantitative estimate of drug-likeness (QED) is 0.482. The van der Waals surface area contributed by atoms with E-state index in [1.807, 2.05) is 65.2 Å². The molecule has 0 atom stereocenters. The Bertz CT molecular complexity index is 1190. The first-order valence-corrected chi connectivity index (χ1v) is 9.41. The summed E-state index contributed by atoms with van der Waals surface area (Å²) in [4.78, 5) is 27.5. The van der Waals surface area contributed by atoms with Crippen LogP contribution < -0.4 is 5.43 Å². The zero-order chi connectivity index (χ0) is 19.7. The number of benzene rings is 3. The Hall–Kier alpha value is -3.11. The molecule has 0 aliphatic carbocycles. The number of nitrogens with zero attached hydrogens (tertiary/aromatic N) is 2. The van der Waals surface area contributed by atoms with E-state index in [4.69, 9.17) is 11.6 Å². The van der Waals surface area contributed by atoms with E-state index in [0.717, 1.165) is 16.6 Å². The van der Waals surface area contributed by atoms with Gasteiger partial charge in [-0.2, -0.15) is 0 Å². The predicted molar refractivity (Wildman–Crippen MR) is 114 cm³/mol. The highest BCUT2D eigenvalue weighted by molar-refractivity contribution is 6.31. The highest BCUT2D eigenvalue weighted by Crippen LogP contribution is 2.20. The van der Waals surface area contributed by atoms with E-state index < -0.39 is 0 Å². The Labute approximate surface area is 167 Å². The molecule has 1 amide bonds. The van der Waals surface area contributed by atoms with Gasteiger partial charge in [0.2, 0.25) is 5.91 Å². The first kappa shape index (κ1) is 18.3. The van der Waals surface area contributed by atoms with Crippen molar-refractivity contribution in [2.75, 3.05) is 7.05 Å². The number of carbonyl (C=O) groups excluding carboxylic acids is 1. The highest BCUT2D eigenvalue weighted by Gasteiger charge is 2.16. The summed E-state index contributed by atoms with van der Waals surface area (Å²) in [7, 11) is 1.76. The Morgan fingerprint density at radius 2 is 1.43 bits per heavy atom. The fourth-order valence-corrected chi connectivity index (χ4v) is 3.67. The van der Waals surface area contributed by atoms with Crippen LogP contribution in [0.4, 0.5) is 0 Å². The number of hydrogen-bond donors (Lipinski definition) is 0. The first-order chi connectivity index (χ1) is 13.6. The van der Waals surface area contributed by atoms with Gasteiger partial charge in [0.05, 0.1) is 11.0 Å². The second-order valence-electron chi connectivity index (χ2n) is 6.79. The molecule has 5 heteroatoms. The maximum absolute atomic E-state index is 13.0. The molecule has 0 saturated carbocycles. The van der Waals surface area contributed by atoms with E-state index in [-0.39, 0.29) is 17.9 Å². The molecule has 0 aliphatic heterocycles. The molecule has 0 N–H and O–H groups in total. The van der Waals surface area contributed by atoms with Gasteiger partial charge in [0.15, 0.2) is 5.43 Å². The Balaban J connectivity index is 1.74. The summed E-state index contributed by atoms with van der Waals surface area (Å²) in [6.45, 7) is 0.566. The standard InChI is InChI=1S/C23H19ClN2O2/c1-25(14-16-8-2-5-11-19(16)24)22(27)15-26-20-12-6-3-9-17(20)23(28)18-10-4-7-13-21(18)26/h2-13H,14-15H2,1H3. The fourth-order valence-electron chi connectivity index (χ4n) is 3.47. The number of aromatic nitrogens is 1. The fraction of sp³-hybridized carbons (Fsp3) is 0.130. The molecule has 0 saturated heterocycles. The van der Waals surface area contributed by atoms with Crippen molar-refractivity contribution in [3.05, 3.63) is 93.6 Å². The predicted octanol–water partition coefficient (Wildman–Crippen LogP) is 4.47. The van der Waals surface area contributed by atoms with Crippen LogP contribution in [0.5, 0.6) is 0 Å². The third kappa shape index (κ3) is 3.27. The summed E-state index contributed by atoms with van der Waals surface area (Å²) in [5.74, 6) is -0.0566. The van der Waals surface area contributed by atoms with Gasteiger partial charge in [-0.05, 0) is 35.9 Å². The Kier molecular flexibility index (Phi) is 4.88. The molecule has 0 radical (unpaired) electrons. The minimum atomic E-state index is -0.0566. The summed E-state index contributed by atoms with van der Waals surface area (Å²) in [5.41, 5.74) is 2.39. The third-order valence-corrected chi connectivity index (χ3v) is 5.33. The van der Waals surface area contributed by atoms with Crippen LogP contribution in [-0.4, -0.2) is 22.4 Å². The van der Waals surface area contributed by atoms with Gasteiger partial charge in [-0.3, -0.25) is 9.59 Å². The zero-order valence-electron chi connectivity index (χ0n) is 15.4. The molecular formula is C23H19ClN2O2. The smallest absolute Gasteiger partial charge is 0.242 e. The van der Waals surface area contributed by atoms with E-state index in [1.54, 1.807) is 24.1 Å². The van der Waals surface area contributed by atoms with E-state index in [0.29, 0.717) is 22.3 Å². The molecule has 1 aromatic heterocycles. The molecule has 1 heterocycles. The number of para-hydroxylation sites is 2. The second kappa shape index (κ2) is 7.49. The van der Waals surface area contributed by atoms with Crippen LogP contribution in [0, 0.1) is 0 Å². The van der Waals surface area contributed by atoms with Gasteiger partial charge >= 0.3 is 0 Å². The van der Waals surface area contributed by atoms with E-state index in [2.05, 4.69) is 0 Å². The molecule has 4 nitrogen and oxygen atoms in total. The minimum Gasteiger partial charge on any atom is -0.340 e. The van der Waals surface area contributed by atoms with Gasteiger partial charge in [-0.1, -0.05) is 54.1 Å². The molecule has 0 aliphatic rings. The van der Waals surface area contributed by atoms with Gasteiger partial charge in [0.25, 0.3) is 0 Å². The van der Waals surface area contributed by atoms with Crippen molar-refractivity contribution in [1.29, 1.82) is 0 Å². The van der Waals surface area contributed by atoms with Crippen molar-refractivity contribution < 1.29 is 4.79 Å². The lowest BCUT2D eigenvalue weighted by Gasteiger charge is -2.21. The van der Waals surface area contributed by atoms with E-state index >= 15 is 0 Å². The topological polar surface area (TPSA) is 42.3 Å². The van der Waals surface area contributed by atoms with Gasteiger partial charge < -0.3 is 9.47 Å². The van der Waals surface area contributed by atoms with Crippen molar-refractivity contribution in [1.82, 2.24) is 9.47 Å². The largest absolute Gasteiger partial charge is 0.340 e. The van der Waals surface area contributed by atoms with Crippen LogP contribution in [0.1, 0.15) is 5.56 Å².